The van der Waals surface area contributed by atoms with E-state index in [1.54, 1.807) is 0 Å². The first-order valence-corrected chi connectivity index (χ1v) is 10.7. The highest BCUT2D eigenvalue weighted by molar-refractivity contribution is 14.0. The molecule has 0 bridgehead atoms. The van der Waals surface area contributed by atoms with Crippen molar-refractivity contribution in [3.05, 3.63) is 66.2 Å². The lowest BCUT2D eigenvalue weighted by Crippen LogP contribution is -2.52. The molecule has 1 fully saturated rings. The Morgan fingerprint density at radius 1 is 0.900 bits per heavy atom. The van der Waals surface area contributed by atoms with E-state index in [2.05, 4.69) is 80.8 Å². The summed E-state index contributed by atoms with van der Waals surface area (Å²) in [4.78, 5) is 9.27. The molecular weight excluding hydrogens is 487 g/mol. The zero-order valence-corrected chi connectivity index (χ0v) is 20.3. The smallest absolute Gasteiger partial charge is 0.193 e. The van der Waals surface area contributed by atoms with Crippen molar-refractivity contribution in [3.8, 4) is 0 Å². The molecule has 1 aliphatic heterocycles. The van der Waals surface area contributed by atoms with Gasteiger partial charge in [0.25, 0.3) is 0 Å². The number of para-hydroxylation sites is 1. The Morgan fingerprint density at radius 2 is 1.57 bits per heavy atom. The molecule has 0 aromatic heterocycles. The van der Waals surface area contributed by atoms with E-state index in [0.29, 0.717) is 0 Å². The molecule has 1 N–H and O–H groups in total. The van der Waals surface area contributed by atoms with Crippen LogP contribution in [0.4, 0.5) is 5.69 Å². The number of piperazine rings is 1. The second-order valence-corrected chi connectivity index (χ2v) is 7.34. The molecule has 2 aromatic rings. The Labute approximate surface area is 198 Å². The van der Waals surface area contributed by atoms with Crippen LogP contribution in [0.15, 0.2) is 65.7 Å². The van der Waals surface area contributed by atoms with Crippen molar-refractivity contribution in [2.75, 3.05) is 57.9 Å². The van der Waals surface area contributed by atoms with Crippen molar-refractivity contribution in [1.82, 2.24) is 10.2 Å². The predicted molar refractivity (Wildman–Crippen MR) is 137 cm³/mol. The fraction of sp³-hybridized carbons (Fsp3) is 0.458. The summed E-state index contributed by atoms with van der Waals surface area (Å²) in [6, 6.07) is 21.2. The molecule has 0 radical (unpaired) electrons. The average molecular weight is 522 g/mol. The number of hydrogen-bond acceptors (Lipinski definition) is 3. The Balaban J connectivity index is 0.00000320. The van der Waals surface area contributed by atoms with Crippen LogP contribution in [-0.4, -0.2) is 63.8 Å². The quantitative estimate of drug-likeness (QED) is 0.234. The van der Waals surface area contributed by atoms with E-state index in [1.165, 1.54) is 11.3 Å². The number of aliphatic imine (C=N–C) groups is 1. The first-order valence-electron chi connectivity index (χ1n) is 10.7. The average Bonchev–Trinajstić information content (AvgIpc) is 2.80. The normalized spacial score (nSPS) is 14.4. The third-order valence-electron chi connectivity index (χ3n) is 5.29. The van der Waals surface area contributed by atoms with Gasteiger partial charge in [0.15, 0.2) is 5.96 Å². The van der Waals surface area contributed by atoms with Crippen LogP contribution >= 0.6 is 24.0 Å². The highest BCUT2D eigenvalue weighted by Gasteiger charge is 2.19. The molecule has 5 nitrogen and oxygen atoms in total. The van der Waals surface area contributed by atoms with Crippen LogP contribution in [0.2, 0.25) is 0 Å². The van der Waals surface area contributed by atoms with Crippen molar-refractivity contribution in [2.45, 2.75) is 19.3 Å². The van der Waals surface area contributed by atoms with Crippen molar-refractivity contribution in [1.29, 1.82) is 0 Å². The predicted octanol–water partition coefficient (Wildman–Crippen LogP) is 4.04. The summed E-state index contributed by atoms with van der Waals surface area (Å²) in [5.41, 5.74) is 2.65. The summed E-state index contributed by atoms with van der Waals surface area (Å²) in [6.07, 6.45) is 3.15. The zero-order chi connectivity index (χ0) is 20.2. The SMILES string of the molecule is CN=C(NCCCCOCCc1ccccc1)N1CCN(c2ccccc2)CC1.I. The number of hydrogen-bond donors (Lipinski definition) is 1. The van der Waals surface area contributed by atoms with E-state index in [9.17, 15) is 0 Å². The molecule has 0 spiro atoms. The minimum absolute atomic E-state index is 0. The van der Waals surface area contributed by atoms with E-state index in [-0.39, 0.29) is 24.0 Å². The van der Waals surface area contributed by atoms with Gasteiger partial charge in [0.05, 0.1) is 6.61 Å². The van der Waals surface area contributed by atoms with Crippen molar-refractivity contribution >= 4 is 35.6 Å². The van der Waals surface area contributed by atoms with Crippen LogP contribution in [0.3, 0.4) is 0 Å². The molecule has 1 aliphatic rings. The first kappa shape index (κ1) is 24.5. The maximum atomic E-state index is 5.77. The molecule has 164 valence electrons. The van der Waals surface area contributed by atoms with Crippen LogP contribution in [-0.2, 0) is 11.2 Å². The van der Waals surface area contributed by atoms with E-state index >= 15 is 0 Å². The maximum Gasteiger partial charge on any atom is 0.193 e. The van der Waals surface area contributed by atoms with Crippen LogP contribution in [0, 0.1) is 0 Å². The molecule has 0 amide bonds. The van der Waals surface area contributed by atoms with Gasteiger partial charge in [0.2, 0.25) is 0 Å². The molecule has 6 heteroatoms. The Bertz CT molecular complexity index is 719. The first-order chi connectivity index (χ1) is 14.4. The van der Waals surface area contributed by atoms with Crippen LogP contribution in [0.5, 0.6) is 0 Å². The van der Waals surface area contributed by atoms with Crippen molar-refractivity contribution in [2.24, 2.45) is 4.99 Å². The fourth-order valence-electron chi connectivity index (χ4n) is 3.61. The molecule has 2 aromatic carbocycles. The standard InChI is InChI=1S/C24H34N4O.HI/c1-25-24(28-18-16-27(17-19-28)23-12-6-3-7-13-23)26-15-8-9-20-29-21-14-22-10-4-2-5-11-22;/h2-7,10-13H,8-9,14-21H2,1H3,(H,25,26);1H. The van der Waals surface area contributed by atoms with E-state index in [0.717, 1.165) is 71.2 Å². The van der Waals surface area contributed by atoms with Gasteiger partial charge in [-0.05, 0) is 37.0 Å². The van der Waals surface area contributed by atoms with Crippen molar-refractivity contribution in [3.63, 3.8) is 0 Å². The lowest BCUT2D eigenvalue weighted by atomic mass is 10.2. The Morgan fingerprint density at radius 3 is 2.23 bits per heavy atom. The summed E-state index contributed by atoms with van der Waals surface area (Å²) in [5.74, 6) is 1.02. The molecule has 0 unspecified atom stereocenters. The van der Waals surface area contributed by atoms with Gasteiger partial charge in [-0.3, -0.25) is 4.99 Å². The number of benzene rings is 2. The summed E-state index contributed by atoms with van der Waals surface area (Å²) in [7, 11) is 1.87. The number of halogens is 1. The highest BCUT2D eigenvalue weighted by Crippen LogP contribution is 2.15. The second-order valence-electron chi connectivity index (χ2n) is 7.34. The Hall–Kier alpha value is -1.80. The molecule has 30 heavy (non-hydrogen) atoms. The van der Waals surface area contributed by atoms with Crippen LogP contribution < -0.4 is 10.2 Å². The highest BCUT2D eigenvalue weighted by atomic mass is 127. The van der Waals surface area contributed by atoms with Gasteiger partial charge in [-0.15, -0.1) is 24.0 Å². The van der Waals surface area contributed by atoms with Gasteiger partial charge in [-0.25, -0.2) is 0 Å². The molecule has 0 aliphatic carbocycles. The third kappa shape index (κ3) is 8.14. The Kier molecular flexibility index (Phi) is 11.6. The molecule has 1 saturated heterocycles. The molecule has 0 saturated carbocycles. The minimum atomic E-state index is 0. The van der Waals surface area contributed by atoms with Gasteiger partial charge >= 0.3 is 0 Å². The number of nitrogens with one attached hydrogen (secondary N) is 1. The lowest BCUT2D eigenvalue weighted by molar-refractivity contribution is 0.133. The molecule has 3 rings (SSSR count). The van der Waals surface area contributed by atoms with E-state index < -0.39 is 0 Å². The van der Waals surface area contributed by atoms with Crippen LogP contribution in [0.25, 0.3) is 0 Å². The summed E-state index contributed by atoms with van der Waals surface area (Å²) < 4.78 is 5.77. The lowest BCUT2D eigenvalue weighted by Gasteiger charge is -2.37. The van der Waals surface area contributed by atoms with Crippen molar-refractivity contribution < 1.29 is 4.74 Å². The third-order valence-corrected chi connectivity index (χ3v) is 5.29. The van der Waals surface area contributed by atoms with Gasteiger partial charge in [-0.2, -0.15) is 0 Å². The van der Waals surface area contributed by atoms with E-state index in [4.69, 9.17) is 4.74 Å². The van der Waals surface area contributed by atoms with E-state index in [1.807, 2.05) is 7.05 Å². The van der Waals surface area contributed by atoms with Gasteiger partial charge < -0.3 is 19.9 Å². The van der Waals surface area contributed by atoms with Gasteiger partial charge in [0, 0.05) is 52.1 Å². The fourth-order valence-corrected chi connectivity index (χ4v) is 3.61. The largest absolute Gasteiger partial charge is 0.381 e. The number of nitrogens with zero attached hydrogens (tertiary/aromatic N) is 3. The van der Waals surface area contributed by atoms with Crippen LogP contribution in [0.1, 0.15) is 18.4 Å². The summed E-state index contributed by atoms with van der Waals surface area (Å²) >= 11 is 0. The second kappa shape index (κ2) is 14.2. The monoisotopic (exact) mass is 522 g/mol. The number of rotatable bonds is 9. The molecule has 1 heterocycles. The minimum Gasteiger partial charge on any atom is -0.381 e. The number of anilines is 1. The molecule has 0 atom stereocenters. The zero-order valence-electron chi connectivity index (χ0n) is 18.0. The maximum absolute atomic E-state index is 5.77. The number of guanidine groups is 1. The summed E-state index contributed by atoms with van der Waals surface area (Å²) in [5, 5.41) is 3.51. The van der Waals surface area contributed by atoms with Gasteiger partial charge in [-0.1, -0.05) is 48.5 Å². The number of unbranched alkanes of at least 4 members (excludes halogenated alkanes) is 1. The van der Waals surface area contributed by atoms with Gasteiger partial charge in [0.1, 0.15) is 0 Å². The number of ether oxygens (including phenoxy) is 1. The topological polar surface area (TPSA) is 40.1 Å². The molecular formula is C24H35IN4O. The summed E-state index contributed by atoms with van der Waals surface area (Å²) in [6.45, 7) is 6.61.